The smallest absolute Gasteiger partial charge is 0.309 e. The largest absolute Gasteiger partial charge is 0.466 e. The predicted octanol–water partition coefficient (Wildman–Crippen LogP) is 1.41. The lowest BCUT2D eigenvalue weighted by molar-refractivity contribution is -0.145. The standard InChI is InChI=1S/C15H21N3O3/c1-4-21-15(20)13-9-6-18(7-10(9)13)14(19)12-5-11(8(2)3)16-17-12/h5,8-10,13H,4,6-7H2,1-3H3,(H,16,17)/t9-,10?,13?/m1/s1. The van der Waals surface area contributed by atoms with Crippen LogP contribution in [0.2, 0.25) is 0 Å². The molecule has 0 spiro atoms. The van der Waals surface area contributed by atoms with E-state index in [4.69, 9.17) is 4.74 Å². The maximum Gasteiger partial charge on any atom is 0.309 e. The quantitative estimate of drug-likeness (QED) is 0.851. The Morgan fingerprint density at radius 2 is 2.10 bits per heavy atom. The third kappa shape index (κ3) is 2.43. The SMILES string of the molecule is CCOC(=O)C1C2CN(C(=O)c3cc(C(C)C)[nH]n3)C[C@H]21. The Morgan fingerprint density at radius 3 is 2.62 bits per heavy atom. The molecule has 3 atom stereocenters. The number of H-pyrrole nitrogens is 1. The van der Waals surface area contributed by atoms with Crippen LogP contribution in [0.1, 0.15) is 42.9 Å². The molecule has 2 unspecified atom stereocenters. The number of hydrogen-bond donors (Lipinski definition) is 1. The van der Waals surface area contributed by atoms with E-state index in [2.05, 4.69) is 24.0 Å². The highest BCUT2D eigenvalue weighted by atomic mass is 16.5. The van der Waals surface area contributed by atoms with Gasteiger partial charge < -0.3 is 9.64 Å². The minimum atomic E-state index is -0.110. The van der Waals surface area contributed by atoms with Gasteiger partial charge in [-0.1, -0.05) is 13.8 Å². The van der Waals surface area contributed by atoms with Crippen LogP contribution in [0.15, 0.2) is 6.07 Å². The first-order valence-electron chi connectivity index (χ1n) is 7.54. The Hall–Kier alpha value is -1.85. The average molecular weight is 291 g/mol. The molecule has 1 saturated heterocycles. The number of aromatic amines is 1. The second-order valence-electron chi connectivity index (χ2n) is 6.18. The Morgan fingerprint density at radius 1 is 1.43 bits per heavy atom. The number of hydrogen-bond acceptors (Lipinski definition) is 4. The molecule has 1 aromatic heterocycles. The second kappa shape index (κ2) is 5.16. The molecular weight excluding hydrogens is 270 g/mol. The van der Waals surface area contributed by atoms with Crippen LogP contribution < -0.4 is 0 Å². The van der Waals surface area contributed by atoms with Gasteiger partial charge in [-0.05, 0) is 30.7 Å². The maximum absolute atomic E-state index is 12.4. The zero-order valence-corrected chi connectivity index (χ0v) is 12.6. The van der Waals surface area contributed by atoms with Gasteiger partial charge in [-0.25, -0.2) is 0 Å². The van der Waals surface area contributed by atoms with Crippen LogP contribution in [-0.4, -0.2) is 46.7 Å². The molecule has 0 radical (unpaired) electrons. The van der Waals surface area contributed by atoms with Gasteiger partial charge in [-0.2, -0.15) is 5.10 Å². The molecule has 6 heteroatoms. The van der Waals surface area contributed by atoms with Gasteiger partial charge in [0.25, 0.3) is 5.91 Å². The summed E-state index contributed by atoms with van der Waals surface area (Å²) >= 11 is 0. The van der Waals surface area contributed by atoms with E-state index >= 15 is 0 Å². The molecule has 114 valence electrons. The number of carbonyl (C=O) groups excluding carboxylic acids is 2. The van der Waals surface area contributed by atoms with E-state index in [1.54, 1.807) is 4.90 Å². The minimum absolute atomic E-state index is 0.000547. The summed E-state index contributed by atoms with van der Waals surface area (Å²) in [7, 11) is 0. The molecule has 1 amide bonds. The fourth-order valence-corrected chi connectivity index (χ4v) is 3.18. The fourth-order valence-electron chi connectivity index (χ4n) is 3.18. The average Bonchev–Trinajstić information content (AvgIpc) is 2.87. The van der Waals surface area contributed by atoms with Gasteiger partial charge >= 0.3 is 5.97 Å². The van der Waals surface area contributed by atoms with E-state index in [0.717, 1.165) is 5.69 Å². The third-order valence-electron chi connectivity index (χ3n) is 4.48. The van der Waals surface area contributed by atoms with Crippen molar-refractivity contribution in [3.63, 3.8) is 0 Å². The number of ether oxygens (including phenoxy) is 1. The molecule has 2 heterocycles. The Bertz CT molecular complexity index is 554. The van der Waals surface area contributed by atoms with E-state index in [-0.39, 0.29) is 29.6 Å². The molecular formula is C15H21N3O3. The lowest BCUT2D eigenvalue weighted by Gasteiger charge is -2.18. The van der Waals surface area contributed by atoms with Crippen LogP contribution in [0, 0.1) is 17.8 Å². The molecule has 1 N–H and O–H groups in total. The Balaban J connectivity index is 1.59. The normalized spacial score (nSPS) is 26.9. The van der Waals surface area contributed by atoms with Crippen LogP contribution in [0.25, 0.3) is 0 Å². The van der Waals surface area contributed by atoms with Crippen LogP contribution in [0.5, 0.6) is 0 Å². The highest BCUT2D eigenvalue weighted by Gasteiger charge is 2.61. The summed E-state index contributed by atoms with van der Waals surface area (Å²) in [5, 5.41) is 7.00. The highest BCUT2D eigenvalue weighted by molar-refractivity contribution is 5.93. The first kappa shape index (κ1) is 14.1. The number of rotatable bonds is 4. The number of aromatic nitrogens is 2. The molecule has 0 bridgehead atoms. The molecule has 1 aliphatic heterocycles. The van der Waals surface area contributed by atoms with Gasteiger partial charge in [0.15, 0.2) is 0 Å². The highest BCUT2D eigenvalue weighted by Crippen LogP contribution is 2.52. The van der Waals surface area contributed by atoms with Gasteiger partial charge in [0.2, 0.25) is 0 Å². The zero-order chi connectivity index (χ0) is 15.1. The molecule has 21 heavy (non-hydrogen) atoms. The summed E-state index contributed by atoms with van der Waals surface area (Å²) in [5.74, 6) is 0.709. The van der Waals surface area contributed by atoms with E-state index in [1.165, 1.54) is 0 Å². The summed E-state index contributed by atoms with van der Waals surface area (Å²) in [5.41, 5.74) is 1.43. The second-order valence-corrected chi connectivity index (χ2v) is 6.18. The van der Waals surface area contributed by atoms with Crippen molar-refractivity contribution in [1.82, 2.24) is 15.1 Å². The number of likely N-dealkylation sites (tertiary alicyclic amines) is 1. The Kier molecular flexibility index (Phi) is 3.47. The lowest BCUT2D eigenvalue weighted by Crippen LogP contribution is -2.33. The molecule has 1 aromatic rings. The van der Waals surface area contributed by atoms with E-state index in [0.29, 0.717) is 31.3 Å². The van der Waals surface area contributed by atoms with E-state index in [9.17, 15) is 9.59 Å². The topological polar surface area (TPSA) is 75.3 Å². The Labute approximate surface area is 123 Å². The summed E-state index contributed by atoms with van der Waals surface area (Å²) in [4.78, 5) is 25.9. The van der Waals surface area contributed by atoms with Gasteiger partial charge in [-0.3, -0.25) is 14.7 Å². The summed E-state index contributed by atoms with van der Waals surface area (Å²) < 4.78 is 5.05. The summed E-state index contributed by atoms with van der Waals surface area (Å²) in [6.07, 6.45) is 0. The van der Waals surface area contributed by atoms with Gasteiger partial charge in [0, 0.05) is 18.8 Å². The molecule has 3 rings (SSSR count). The summed E-state index contributed by atoms with van der Waals surface area (Å²) in [6, 6.07) is 1.82. The van der Waals surface area contributed by atoms with Crippen LogP contribution >= 0.6 is 0 Å². The van der Waals surface area contributed by atoms with Crippen LogP contribution in [0.4, 0.5) is 0 Å². The molecule has 1 aliphatic carbocycles. The van der Waals surface area contributed by atoms with Crippen molar-refractivity contribution in [1.29, 1.82) is 0 Å². The monoisotopic (exact) mass is 291 g/mol. The number of carbonyl (C=O) groups is 2. The maximum atomic E-state index is 12.4. The number of esters is 1. The molecule has 0 aromatic carbocycles. The number of fused-ring (bicyclic) bond motifs is 1. The third-order valence-corrected chi connectivity index (χ3v) is 4.48. The van der Waals surface area contributed by atoms with Crippen molar-refractivity contribution < 1.29 is 14.3 Å². The van der Waals surface area contributed by atoms with Crippen molar-refractivity contribution in [2.45, 2.75) is 26.7 Å². The van der Waals surface area contributed by atoms with E-state index in [1.807, 2.05) is 13.0 Å². The van der Waals surface area contributed by atoms with Gasteiger partial charge in [-0.15, -0.1) is 0 Å². The van der Waals surface area contributed by atoms with Crippen molar-refractivity contribution in [2.75, 3.05) is 19.7 Å². The lowest BCUT2D eigenvalue weighted by atomic mass is 10.1. The number of amides is 1. The van der Waals surface area contributed by atoms with Crippen molar-refractivity contribution in [2.24, 2.45) is 17.8 Å². The van der Waals surface area contributed by atoms with Gasteiger partial charge in [0.05, 0.1) is 12.5 Å². The molecule has 2 aliphatic rings. The first-order valence-corrected chi connectivity index (χ1v) is 7.54. The fraction of sp³-hybridized carbons (Fsp3) is 0.667. The number of nitrogens with zero attached hydrogens (tertiary/aromatic N) is 2. The molecule has 2 fully saturated rings. The minimum Gasteiger partial charge on any atom is -0.466 e. The van der Waals surface area contributed by atoms with Gasteiger partial charge in [0.1, 0.15) is 5.69 Å². The summed E-state index contributed by atoms with van der Waals surface area (Å²) in [6.45, 7) is 7.61. The van der Waals surface area contributed by atoms with Crippen molar-refractivity contribution in [3.8, 4) is 0 Å². The van der Waals surface area contributed by atoms with Crippen molar-refractivity contribution >= 4 is 11.9 Å². The molecule has 6 nitrogen and oxygen atoms in total. The predicted molar refractivity (Wildman–Crippen MR) is 75.7 cm³/mol. The number of piperidine rings is 1. The van der Waals surface area contributed by atoms with Crippen molar-refractivity contribution in [3.05, 3.63) is 17.5 Å². The molecule has 1 saturated carbocycles. The zero-order valence-electron chi connectivity index (χ0n) is 12.6. The number of nitrogens with one attached hydrogen (secondary N) is 1. The first-order chi connectivity index (χ1) is 10.0. The van der Waals surface area contributed by atoms with Crippen LogP contribution in [0.3, 0.4) is 0 Å². The van der Waals surface area contributed by atoms with Crippen LogP contribution in [-0.2, 0) is 9.53 Å². The van der Waals surface area contributed by atoms with E-state index < -0.39 is 0 Å².